The average molecular weight is 345 g/mol. The summed E-state index contributed by atoms with van der Waals surface area (Å²) in [5.74, 6) is -0.339. The second-order valence-corrected chi connectivity index (χ2v) is 7.29. The summed E-state index contributed by atoms with van der Waals surface area (Å²) < 4.78 is 0. The normalized spacial score (nSPS) is 20.8. The lowest BCUT2D eigenvalue weighted by molar-refractivity contribution is -0.385. The molecule has 0 aromatic heterocycles. The maximum Gasteiger partial charge on any atom is 0.282 e. The van der Waals surface area contributed by atoms with Gasteiger partial charge >= 0.3 is 0 Å². The van der Waals surface area contributed by atoms with E-state index in [1.165, 1.54) is 50.7 Å². The SMILES string of the molecule is O=C(NCC1(N2CCCCC2)CCCCC1)c1ccccc1[N+](=O)[O-]. The zero-order chi connectivity index (χ0) is 17.7. The number of carbonyl (C=O) groups excluding carboxylic acids is 1. The summed E-state index contributed by atoms with van der Waals surface area (Å²) in [4.78, 5) is 25.8. The van der Waals surface area contributed by atoms with Crippen molar-refractivity contribution in [2.45, 2.75) is 56.9 Å². The summed E-state index contributed by atoms with van der Waals surface area (Å²) in [6.45, 7) is 2.78. The lowest BCUT2D eigenvalue weighted by Crippen LogP contribution is -2.58. The number of nitro groups is 1. The van der Waals surface area contributed by atoms with Gasteiger partial charge in [0.2, 0.25) is 0 Å². The molecule has 1 saturated heterocycles. The van der Waals surface area contributed by atoms with Gasteiger partial charge in [0.25, 0.3) is 11.6 Å². The van der Waals surface area contributed by atoms with Crippen molar-refractivity contribution in [2.75, 3.05) is 19.6 Å². The van der Waals surface area contributed by atoms with Gasteiger partial charge in [-0.1, -0.05) is 37.8 Å². The number of likely N-dealkylation sites (tertiary alicyclic amines) is 1. The molecule has 0 spiro atoms. The van der Waals surface area contributed by atoms with Gasteiger partial charge in [-0.05, 0) is 44.8 Å². The van der Waals surface area contributed by atoms with Gasteiger partial charge in [0.15, 0.2) is 0 Å². The minimum Gasteiger partial charge on any atom is -0.350 e. The van der Waals surface area contributed by atoms with Gasteiger partial charge < -0.3 is 5.32 Å². The van der Waals surface area contributed by atoms with Crippen molar-refractivity contribution in [2.24, 2.45) is 0 Å². The van der Waals surface area contributed by atoms with Crippen LogP contribution in [0.15, 0.2) is 24.3 Å². The molecule has 2 fully saturated rings. The fourth-order valence-electron chi connectivity index (χ4n) is 4.35. The second kappa shape index (κ2) is 7.95. The van der Waals surface area contributed by atoms with Crippen molar-refractivity contribution in [3.05, 3.63) is 39.9 Å². The van der Waals surface area contributed by atoms with Crippen LogP contribution in [-0.4, -0.2) is 40.9 Å². The Morgan fingerprint density at radius 3 is 2.40 bits per heavy atom. The fraction of sp³-hybridized carbons (Fsp3) is 0.632. The van der Waals surface area contributed by atoms with Crippen molar-refractivity contribution >= 4 is 11.6 Å². The zero-order valence-corrected chi connectivity index (χ0v) is 14.7. The predicted molar refractivity (Wildman–Crippen MR) is 96.7 cm³/mol. The van der Waals surface area contributed by atoms with Crippen LogP contribution in [0.3, 0.4) is 0 Å². The Hall–Kier alpha value is -1.95. The van der Waals surface area contributed by atoms with E-state index < -0.39 is 4.92 Å². The highest BCUT2D eigenvalue weighted by molar-refractivity contribution is 5.98. The Balaban J connectivity index is 1.73. The van der Waals surface area contributed by atoms with Gasteiger partial charge in [0, 0.05) is 18.2 Å². The number of piperidine rings is 1. The fourth-order valence-corrected chi connectivity index (χ4v) is 4.35. The molecular formula is C19H27N3O3. The molecule has 1 amide bonds. The number of amides is 1. The van der Waals surface area contributed by atoms with Crippen LogP contribution >= 0.6 is 0 Å². The molecule has 6 heteroatoms. The molecule has 0 radical (unpaired) electrons. The first-order valence-electron chi connectivity index (χ1n) is 9.39. The largest absolute Gasteiger partial charge is 0.350 e. The molecule has 1 heterocycles. The van der Waals surface area contributed by atoms with Crippen LogP contribution in [0.1, 0.15) is 61.7 Å². The van der Waals surface area contributed by atoms with Crippen LogP contribution in [-0.2, 0) is 0 Å². The molecule has 6 nitrogen and oxygen atoms in total. The van der Waals surface area contributed by atoms with Crippen LogP contribution in [0.2, 0.25) is 0 Å². The maximum absolute atomic E-state index is 12.6. The maximum atomic E-state index is 12.6. The van der Waals surface area contributed by atoms with E-state index in [-0.39, 0.29) is 22.7 Å². The number of nitrogens with zero attached hydrogens (tertiary/aromatic N) is 2. The summed E-state index contributed by atoms with van der Waals surface area (Å²) in [5, 5.41) is 14.2. The van der Waals surface area contributed by atoms with Crippen molar-refractivity contribution in [3.8, 4) is 0 Å². The van der Waals surface area contributed by atoms with Gasteiger partial charge in [-0.3, -0.25) is 19.8 Å². The number of benzene rings is 1. The molecule has 1 N–H and O–H groups in total. The molecule has 1 aliphatic carbocycles. The lowest BCUT2D eigenvalue weighted by Gasteiger charge is -2.48. The third-order valence-electron chi connectivity index (χ3n) is 5.73. The van der Waals surface area contributed by atoms with E-state index in [0.717, 1.165) is 25.9 Å². The number of rotatable bonds is 5. The van der Waals surface area contributed by atoms with Crippen molar-refractivity contribution in [1.29, 1.82) is 0 Å². The van der Waals surface area contributed by atoms with Crippen molar-refractivity contribution in [3.63, 3.8) is 0 Å². The van der Waals surface area contributed by atoms with Crippen LogP contribution in [0.25, 0.3) is 0 Å². The molecule has 136 valence electrons. The van der Waals surface area contributed by atoms with E-state index in [9.17, 15) is 14.9 Å². The molecule has 0 bridgehead atoms. The Morgan fingerprint density at radius 1 is 1.08 bits per heavy atom. The highest BCUT2D eigenvalue weighted by Gasteiger charge is 2.38. The van der Waals surface area contributed by atoms with E-state index in [1.807, 2.05) is 0 Å². The average Bonchev–Trinajstić information content (AvgIpc) is 2.67. The first kappa shape index (κ1) is 17.9. The summed E-state index contributed by atoms with van der Waals surface area (Å²) in [6, 6.07) is 6.17. The van der Waals surface area contributed by atoms with E-state index >= 15 is 0 Å². The van der Waals surface area contributed by atoms with Crippen LogP contribution < -0.4 is 5.32 Å². The van der Waals surface area contributed by atoms with Crippen molar-refractivity contribution < 1.29 is 9.72 Å². The predicted octanol–water partition coefficient (Wildman–Crippen LogP) is 3.51. The van der Waals surface area contributed by atoms with Crippen LogP contribution in [0.5, 0.6) is 0 Å². The van der Waals surface area contributed by atoms with Gasteiger partial charge in [0.1, 0.15) is 5.56 Å². The first-order valence-corrected chi connectivity index (χ1v) is 9.39. The Morgan fingerprint density at radius 2 is 1.72 bits per heavy atom. The number of para-hydroxylation sites is 1. The van der Waals surface area contributed by atoms with Gasteiger partial charge in [-0.25, -0.2) is 0 Å². The summed E-state index contributed by atoms with van der Waals surface area (Å²) in [5.41, 5.74) is 0.0468. The number of carbonyl (C=O) groups is 1. The quantitative estimate of drug-likeness (QED) is 0.654. The highest BCUT2D eigenvalue weighted by atomic mass is 16.6. The molecule has 1 aliphatic heterocycles. The van der Waals surface area contributed by atoms with Crippen LogP contribution in [0, 0.1) is 10.1 Å². The number of nitrogens with one attached hydrogen (secondary N) is 1. The third kappa shape index (κ3) is 4.00. The number of hydrogen-bond acceptors (Lipinski definition) is 4. The molecule has 25 heavy (non-hydrogen) atoms. The molecular weight excluding hydrogens is 318 g/mol. The smallest absolute Gasteiger partial charge is 0.282 e. The number of nitro benzene ring substituents is 1. The Kier molecular flexibility index (Phi) is 5.68. The minimum atomic E-state index is -0.490. The standard InChI is InChI=1S/C19H27N3O3/c23-18(16-9-3-4-10-17(16)22(24)25)20-15-19(11-5-1-6-12-19)21-13-7-2-8-14-21/h3-4,9-10H,1-2,5-8,11-15H2,(H,20,23). The molecule has 0 atom stereocenters. The van der Waals surface area contributed by atoms with Crippen LogP contribution in [0.4, 0.5) is 5.69 Å². The monoisotopic (exact) mass is 345 g/mol. The van der Waals surface area contributed by atoms with Gasteiger partial charge in [-0.15, -0.1) is 0 Å². The molecule has 0 unspecified atom stereocenters. The third-order valence-corrected chi connectivity index (χ3v) is 5.73. The summed E-state index contributed by atoms with van der Waals surface area (Å²) >= 11 is 0. The minimum absolute atomic E-state index is 0.0257. The second-order valence-electron chi connectivity index (χ2n) is 7.29. The highest BCUT2D eigenvalue weighted by Crippen LogP contribution is 2.35. The zero-order valence-electron chi connectivity index (χ0n) is 14.7. The molecule has 3 rings (SSSR count). The van der Waals surface area contributed by atoms with E-state index in [0.29, 0.717) is 6.54 Å². The molecule has 1 saturated carbocycles. The summed E-state index contributed by atoms with van der Waals surface area (Å²) in [7, 11) is 0. The molecule has 2 aliphatic rings. The topological polar surface area (TPSA) is 75.5 Å². The van der Waals surface area contributed by atoms with Crippen molar-refractivity contribution in [1.82, 2.24) is 10.2 Å². The molecule has 1 aromatic rings. The van der Waals surface area contributed by atoms with Gasteiger partial charge in [0.05, 0.1) is 4.92 Å². The van der Waals surface area contributed by atoms with E-state index in [1.54, 1.807) is 12.1 Å². The van der Waals surface area contributed by atoms with Gasteiger partial charge in [-0.2, -0.15) is 0 Å². The van der Waals surface area contributed by atoms with E-state index in [4.69, 9.17) is 0 Å². The first-order chi connectivity index (χ1) is 12.1. The summed E-state index contributed by atoms with van der Waals surface area (Å²) in [6.07, 6.45) is 9.58. The lowest BCUT2D eigenvalue weighted by atomic mass is 9.79. The molecule has 1 aromatic carbocycles. The van der Waals surface area contributed by atoms with E-state index in [2.05, 4.69) is 10.2 Å². The Labute approximate surface area is 148 Å². The Bertz CT molecular complexity index is 620. The number of hydrogen-bond donors (Lipinski definition) is 1.